The van der Waals surface area contributed by atoms with Gasteiger partial charge in [-0.05, 0) is 38.8 Å². The molecular weight excluding hydrogens is 232 g/mol. The van der Waals surface area contributed by atoms with Crippen LogP contribution in [0, 0.1) is 28.9 Å². The zero-order valence-electron chi connectivity index (χ0n) is 11.1. The molecule has 0 saturated heterocycles. The molecule has 1 rings (SSSR count). The van der Waals surface area contributed by atoms with Gasteiger partial charge in [0.2, 0.25) is 0 Å². The summed E-state index contributed by atoms with van der Waals surface area (Å²) in [4.78, 5) is 0. The van der Waals surface area contributed by atoms with Gasteiger partial charge in [-0.15, -0.1) is 5.92 Å². The summed E-state index contributed by atoms with van der Waals surface area (Å²) in [6.45, 7) is 6.04. The molecule has 3 heteroatoms. The van der Waals surface area contributed by atoms with Crippen molar-refractivity contribution in [2.45, 2.75) is 39.7 Å². The van der Waals surface area contributed by atoms with Gasteiger partial charge in [0.05, 0.1) is 0 Å². The van der Waals surface area contributed by atoms with Crippen molar-refractivity contribution in [3.63, 3.8) is 0 Å². The van der Waals surface area contributed by atoms with Crippen LogP contribution in [-0.2, 0) is 6.42 Å². The highest BCUT2D eigenvalue weighted by atomic mass is 19.2. The summed E-state index contributed by atoms with van der Waals surface area (Å²) < 4.78 is 26.4. The molecule has 98 valence electrons. The zero-order valence-corrected chi connectivity index (χ0v) is 11.1. The number of benzene rings is 1. The molecule has 0 bridgehead atoms. The molecule has 1 aromatic carbocycles. The van der Waals surface area contributed by atoms with Crippen molar-refractivity contribution in [2.24, 2.45) is 11.1 Å². The van der Waals surface area contributed by atoms with Crippen molar-refractivity contribution >= 4 is 0 Å². The van der Waals surface area contributed by atoms with E-state index in [1.165, 1.54) is 6.07 Å². The van der Waals surface area contributed by atoms with E-state index in [4.69, 9.17) is 5.73 Å². The Balaban J connectivity index is 2.62. The van der Waals surface area contributed by atoms with E-state index in [1.807, 2.05) is 20.8 Å². The van der Waals surface area contributed by atoms with Gasteiger partial charge in [-0.3, -0.25) is 0 Å². The van der Waals surface area contributed by atoms with Crippen molar-refractivity contribution in [3.05, 3.63) is 35.4 Å². The molecule has 0 heterocycles. The molecule has 2 N–H and O–H groups in total. The largest absolute Gasteiger partial charge is 0.327 e. The number of hydrogen-bond acceptors (Lipinski definition) is 1. The maximum absolute atomic E-state index is 13.4. The molecule has 0 aromatic heterocycles. The minimum Gasteiger partial charge on any atom is -0.327 e. The van der Waals surface area contributed by atoms with E-state index in [1.54, 1.807) is 6.07 Å². The summed E-state index contributed by atoms with van der Waals surface area (Å²) in [7, 11) is 0. The van der Waals surface area contributed by atoms with Gasteiger partial charge in [0.15, 0.2) is 11.6 Å². The minimum atomic E-state index is -0.833. The molecule has 0 radical (unpaired) electrons. The highest BCUT2D eigenvalue weighted by Gasteiger charge is 2.11. The molecule has 0 spiro atoms. The third-order valence-corrected chi connectivity index (χ3v) is 2.34. The Morgan fingerprint density at radius 1 is 1.28 bits per heavy atom. The molecule has 1 nitrogen and oxygen atoms in total. The van der Waals surface area contributed by atoms with Gasteiger partial charge in [-0.2, -0.15) is 0 Å². The van der Waals surface area contributed by atoms with Gasteiger partial charge in [0.1, 0.15) is 0 Å². The van der Waals surface area contributed by atoms with Crippen LogP contribution in [0.15, 0.2) is 18.2 Å². The van der Waals surface area contributed by atoms with Gasteiger partial charge in [-0.25, -0.2) is 8.78 Å². The Morgan fingerprint density at radius 3 is 2.56 bits per heavy atom. The zero-order chi connectivity index (χ0) is 13.8. The molecule has 0 aliphatic rings. The van der Waals surface area contributed by atoms with Crippen LogP contribution in [0.3, 0.4) is 0 Å². The smallest absolute Gasteiger partial charge is 0.162 e. The van der Waals surface area contributed by atoms with E-state index in [0.717, 1.165) is 6.07 Å². The summed E-state index contributed by atoms with van der Waals surface area (Å²) >= 11 is 0. The number of nitrogens with two attached hydrogens (primary N) is 1. The molecule has 0 amide bonds. The quantitative estimate of drug-likeness (QED) is 0.820. The second kappa shape index (κ2) is 5.97. The van der Waals surface area contributed by atoms with Gasteiger partial charge in [-0.1, -0.05) is 18.1 Å². The van der Waals surface area contributed by atoms with E-state index in [0.29, 0.717) is 18.4 Å². The van der Waals surface area contributed by atoms with E-state index in [-0.39, 0.29) is 11.5 Å². The second-order valence-electron chi connectivity index (χ2n) is 5.43. The summed E-state index contributed by atoms with van der Waals surface area (Å²) in [6.07, 6.45) is 0.773. The van der Waals surface area contributed by atoms with Crippen LogP contribution in [0.1, 0.15) is 32.8 Å². The van der Waals surface area contributed by atoms with E-state index < -0.39 is 11.6 Å². The molecule has 1 atom stereocenters. The molecule has 0 aliphatic heterocycles. The first-order valence-corrected chi connectivity index (χ1v) is 5.98. The Labute approximate surface area is 107 Å². The predicted octanol–water partition coefficient (Wildman–Crippen LogP) is 3.27. The molecule has 0 aliphatic carbocycles. The summed E-state index contributed by atoms with van der Waals surface area (Å²) in [5.41, 5.74) is 6.10. The lowest BCUT2D eigenvalue weighted by Crippen LogP contribution is -2.23. The fourth-order valence-corrected chi connectivity index (χ4v) is 1.51. The monoisotopic (exact) mass is 251 g/mol. The van der Waals surface area contributed by atoms with Crippen LogP contribution in [0.4, 0.5) is 8.78 Å². The lowest BCUT2D eigenvalue weighted by molar-refractivity contribution is 0.493. The molecular formula is C15H19F2N. The fraction of sp³-hybridized carbons (Fsp3) is 0.467. The standard InChI is InChI=1S/C15H19F2N/c1-15(2,3)9-5-7-12(18)10-11-6-4-8-13(16)14(11)17/h4,6,8,12H,7,10,18H2,1-3H3. The van der Waals surface area contributed by atoms with Crippen molar-refractivity contribution in [1.82, 2.24) is 0 Å². The molecule has 1 unspecified atom stereocenters. The highest BCUT2D eigenvalue weighted by Crippen LogP contribution is 2.14. The Hall–Kier alpha value is -1.40. The fourth-order valence-electron chi connectivity index (χ4n) is 1.51. The Morgan fingerprint density at radius 2 is 1.94 bits per heavy atom. The Bertz CT molecular complexity index is 464. The average Bonchev–Trinajstić information content (AvgIpc) is 2.23. The van der Waals surface area contributed by atoms with E-state index in [2.05, 4.69) is 11.8 Å². The normalized spacial score (nSPS) is 12.8. The van der Waals surface area contributed by atoms with Crippen LogP contribution in [0.25, 0.3) is 0 Å². The molecule has 18 heavy (non-hydrogen) atoms. The molecule has 0 saturated carbocycles. The first kappa shape index (κ1) is 14.7. The van der Waals surface area contributed by atoms with Crippen LogP contribution >= 0.6 is 0 Å². The maximum Gasteiger partial charge on any atom is 0.162 e. The first-order chi connectivity index (χ1) is 8.29. The van der Waals surface area contributed by atoms with Crippen molar-refractivity contribution in [1.29, 1.82) is 0 Å². The van der Waals surface area contributed by atoms with Crippen molar-refractivity contribution in [3.8, 4) is 11.8 Å². The van der Waals surface area contributed by atoms with Crippen LogP contribution < -0.4 is 5.73 Å². The van der Waals surface area contributed by atoms with E-state index in [9.17, 15) is 8.78 Å². The third kappa shape index (κ3) is 4.85. The van der Waals surface area contributed by atoms with Crippen LogP contribution in [-0.4, -0.2) is 6.04 Å². The molecule has 0 fully saturated rings. The van der Waals surface area contributed by atoms with Gasteiger partial charge in [0.25, 0.3) is 0 Å². The van der Waals surface area contributed by atoms with Gasteiger partial charge < -0.3 is 5.73 Å². The topological polar surface area (TPSA) is 26.0 Å². The summed E-state index contributed by atoms with van der Waals surface area (Å²) in [5, 5.41) is 0. The highest BCUT2D eigenvalue weighted by molar-refractivity contribution is 5.20. The lowest BCUT2D eigenvalue weighted by Gasteiger charge is -2.10. The van der Waals surface area contributed by atoms with Crippen molar-refractivity contribution in [2.75, 3.05) is 0 Å². The van der Waals surface area contributed by atoms with Crippen molar-refractivity contribution < 1.29 is 8.78 Å². The van der Waals surface area contributed by atoms with Gasteiger partial charge >= 0.3 is 0 Å². The Kier molecular flexibility index (Phi) is 4.86. The number of rotatable bonds is 3. The summed E-state index contributed by atoms with van der Waals surface area (Å²) in [6, 6.07) is 3.86. The second-order valence-corrected chi connectivity index (χ2v) is 5.43. The first-order valence-electron chi connectivity index (χ1n) is 5.98. The minimum absolute atomic E-state index is 0.0656. The van der Waals surface area contributed by atoms with Crippen LogP contribution in [0.5, 0.6) is 0 Å². The average molecular weight is 251 g/mol. The van der Waals surface area contributed by atoms with E-state index >= 15 is 0 Å². The maximum atomic E-state index is 13.4. The summed E-state index contributed by atoms with van der Waals surface area (Å²) in [5.74, 6) is 4.41. The SMILES string of the molecule is CC(C)(C)C#CCC(N)Cc1cccc(F)c1F. The van der Waals surface area contributed by atoms with Crippen LogP contribution in [0.2, 0.25) is 0 Å². The number of halogens is 2. The lowest BCUT2D eigenvalue weighted by atomic mass is 9.97. The predicted molar refractivity (Wildman–Crippen MR) is 69.9 cm³/mol. The number of hydrogen-bond donors (Lipinski definition) is 1. The van der Waals surface area contributed by atoms with Gasteiger partial charge in [0, 0.05) is 17.9 Å². The molecule has 1 aromatic rings. The third-order valence-electron chi connectivity index (χ3n) is 2.34.